The minimum absolute atomic E-state index is 0.00870. The minimum atomic E-state index is -0.269. The average Bonchev–Trinajstić information content (AvgIpc) is 2.06. The van der Waals surface area contributed by atoms with Gasteiger partial charge >= 0.3 is 0 Å². The maximum absolute atomic E-state index is 5.88. The molecule has 2 atom stereocenters. The average molecular weight is 365 g/mol. The number of ether oxygens (including phenoxy) is 1. The SMILES string of the molecule is C[C@H]1C[C@H](C(Br)(Br)Br)OC1(C)C. The topological polar surface area (TPSA) is 9.23 Å². The molecular formula is C8H13Br3O. The van der Waals surface area contributed by atoms with Crippen LogP contribution in [0.5, 0.6) is 0 Å². The Labute approximate surface area is 99.0 Å². The first-order valence-corrected chi connectivity index (χ1v) is 6.36. The maximum atomic E-state index is 5.88. The Morgan fingerprint density at radius 2 is 1.83 bits per heavy atom. The number of halogens is 3. The van der Waals surface area contributed by atoms with Crippen molar-refractivity contribution in [1.82, 2.24) is 0 Å². The smallest absolute Gasteiger partial charge is 0.160 e. The molecule has 0 aliphatic carbocycles. The van der Waals surface area contributed by atoms with Gasteiger partial charge in [-0.2, -0.15) is 0 Å². The van der Waals surface area contributed by atoms with Gasteiger partial charge in [-0.25, -0.2) is 0 Å². The van der Waals surface area contributed by atoms with Crippen LogP contribution in [0.15, 0.2) is 0 Å². The molecule has 1 heterocycles. The Morgan fingerprint density at radius 3 is 2.00 bits per heavy atom. The molecule has 0 amide bonds. The van der Waals surface area contributed by atoms with Crippen LogP contribution in [0.3, 0.4) is 0 Å². The van der Waals surface area contributed by atoms with Gasteiger partial charge in [0.2, 0.25) is 0 Å². The number of rotatable bonds is 0. The summed E-state index contributed by atoms with van der Waals surface area (Å²) in [5.41, 5.74) is -0.00870. The van der Waals surface area contributed by atoms with Gasteiger partial charge in [-0.3, -0.25) is 0 Å². The first kappa shape index (κ1) is 11.5. The molecule has 0 N–H and O–H groups in total. The molecule has 1 aliphatic rings. The summed E-state index contributed by atoms with van der Waals surface area (Å²) in [5.74, 6) is 0.592. The fourth-order valence-corrected chi connectivity index (χ4v) is 2.18. The second-order valence-corrected chi connectivity index (χ2v) is 10.8. The maximum Gasteiger partial charge on any atom is 0.160 e. The number of hydrogen-bond acceptors (Lipinski definition) is 1. The van der Waals surface area contributed by atoms with Crippen molar-refractivity contribution < 1.29 is 4.74 Å². The van der Waals surface area contributed by atoms with Crippen LogP contribution in [0.2, 0.25) is 0 Å². The van der Waals surface area contributed by atoms with Gasteiger partial charge in [0.25, 0.3) is 0 Å². The van der Waals surface area contributed by atoms with Crippen LogP contribution >= 0.6 is 47.8 Å². The molecule has 1 saturated heterocycles. The molecule has 0 aromatic carbocycles. The lowest BCUT2D eigenvalue weighted by atomic mass is 9.92. The molecule has 1 nitrogen and oxygen atoms in total. The van der Waals surface area contributed by atoms with Crippen molar-refractivity contribution in [2.24, 2.45) is 5.92 Å². The summed E-state index contributed by atoms with van der Waals surface area (Å²) in [4.78, 5) is 0. The predicted molar refractivity (Wildman–Crippen MR) is 62.2 cm³/mol. The van der Waals surface area contributed by atoms with E-state index >= 15 is 0 Å². The van der Waals surface area contributed by atoms with E-state index in [4.69, 9.17) is 4.74 Å². The third kappa shape index (κ3) is 2.46. The molecule has 0 aromatic heterocycles. The highest BCUT2D eigenvalue weighted by Gasteiger charge is 2.46. The highest BCUT2D eigenvalue weighted by atomic mass is 80.0. The van der Waals surface area contributed by atoms with Crippen LogP contribution in [0.4, 0.5) is 0 Å². The Kier molecular flexibility index (Phi) is 3.36. The highest BCUT2D eigenvalue weighted by molar-refractivity contribution is 9.39. The lowest BCUT2D eigenvalue weighted by molar-refractivity contribution is -0.0234. The van der Waals surface area contributed by atoms with Crippen LogP contribution in [0.25, 0.3) is 0 Å². The molecule has 1 fully saturated rings. The molecule has 1 rings (SSSR count). The first-order chi connectivity index (χ1) is 5.23. The van der Waals surface area contributed by atoms with Gasteiger partial charge in [0, 0.05) is 0 Å². The fourth-order valence-electron chi connectivity index (χ4n) is 1.34. The van der Waals surface area contributed by atoms with Gasteiger partial charge < -0.3 is 4.74 Å². The fraction of sp³-hybridized carbons (Fsp3) is 1.00. The van der Waals surface area contributed by atoms with Crippen molar-refractivity contribution >= 4 is 47.8 Å². The van der Waals surface area contributed by atoms with E-state index in [1.807, 2.05) is 0 Å². The van der Waals surface area contributed by atoms with Crippen LogP contribution in [-0.4, -0.2) is 13.8 Å². The summed E-state index contributed by atoms with van der Waals surface area (Å²) in [5, 5.41) is 0. The minimum Gasteiger partial charge on any atom is -0.369 e. The third-order valence-corrected chi connectivity index (χ3v) is 4.10. The van der Waals surface area contributed by atoms with E-state index in [9.17, 15) is 0 Å². The molecule has 1 aliphatic heterocycles. The third-order valence-electron chi connectivity index (χ3n) is 2.57. The number of alkyl halides is 3. The molecule has 72 valence electrons. The molecule has 0 saturated carbocycles. The molecule has 0 radical (unpaired) electrons. The summed E-state index contributed by atoms with van der Waals surface area (Å²) in [6.45, 7) is 6.49. The van der Waals surface area contributed by atoms with Gasteiger partial charge in [-0.15, -0.1) is 0 Å². The zero-order chi connectivity index (χ0) is 9.57. The lowest BCUT2D eigenvalue weighted by Gasteiger charge is -2.25. The van der Waals surface area contributed by atoms with Crippen LogP contribution in [-0.2, 0) is 4.74 Å². The van der Waals surface area contributed by atoms with Gasteiger partial charge in [0.05, 0.1) is 11.7 Å². The summed E-state index contributed by atoms with van der Waals surface area (Å²) in [7, 11) is 0. The first-order valence-electron chi connectivity index (χ1n) is 3.98. The Bertz CT molecular complexity index is 174. The van der Waals surface area contributed by atoms with E-state index in [0.29, 0.717) is 5.92 Å². The van der Waals surface area contributed by atoms with E-state index < -0.39 is 0 Å². The van der Waals surface area contributed by atoms with Crippen molar-refractivity contribution in [3.05, 3.63) is 0 Å². The van der Waals surface area contributed by atoms with E-state index in [0.717, 1.165) is 6.42 Å². The summed E-state index contributed by atoms with van der Waals surface area (Å²) in [6.07, 6.45) is 1.25. The zero-order valence-electron chi connectivity index (χ0n) is 7.40. The molecule has 0 spiro atoms. The van der Waals surface area contributed by atoms with Crippen molar-refractivity contribution in [3.63, 3.8) is 0 Å². The van der Waals surface area contributed by atoms with Gasteiger partial charge in [-0.05, 0) is 26.2 Å². The molecule has 12 heavy (non-hydrogen) atoms. The zero-order valence-corrected chi connectivity index (χ0v) is 12.2. The van der Waals surface area contributed by atoms with Gasteiger partial charge in [0.1, 0.15) is 0 Å². The molecule has 0 aromatic rings. The second-order valence-electron chi connectivity index (χ2n) is 3.89. The highest BCUT2D eigenvalue weighted by Crippen LogP contribution is 2.48. The lowest BCUT2D eigenvalue weighted by Crippen LogP contribution is -2.29. The van der Waals surface area contributed by atoms with Crippen molar-refractivity contribution in [2.75, 3.05) is 0 Å². The monoisotopic (exact) mass is 362 g/mol. The second kappa shape index (κ2) is 3.52. The Hall–Kier alpha value is 1.40. The summed E-state index contributed by atoms with van der Waals surface area (Å²) >= 11 is 10.5. The van der Waals surface area contributed by atoms with Crippen molar-refractivity contribution in [2.45, 2.75) is 41.0 Å². The Balaban J connectivity index is 2.67. The van der Waals surface area contributed by atoms with Gasteiger partial charge in [0.15, 0.2) is 2.14 Å². The summed E-state index contributed by atoms with van der Waals surface area (Å²) in [6, 6.07) is 0. The largest absolute Gasteiger partial charge is 0.369 e. The standard InChI is InChI=1S/C8H13Br3O/c1-5-4-6(8(9,10)11)12-7(5,2)3/h5-6H,4H2,1-3H3/t5-,6+/m0/s1. The molecule has 0 unspecified atom stereocenters. The van der Waals surface area contributed by atoms with Crippen molar-refractivity contribution in [3.8, 4) is 0 Å². The van der Waals surface area contributed by atoms with Crippen molar-refractivity contribution in [1.29, 1.82) is 0 Å². The van der Waals surface area contributed by atoms with Gasteiger partial charge in [-0.1, -0.05) is 54.7 Å². The molecule has 4 heteroatoms. The quantitative estimate of drug-likeness (QED) is 0.590. The van der Waals surface area contributed by atoms with Crippen LogP contribution in [0, 0.1) is 5.92 Å². The van der Waals surface area contributed by atoms with E-state index in [1.54, 1.807) is 0 Å². The summed E-state index contributed by atoms with van der Waals surface area (Å²) < 4.78 is 5.62. The van der Waals surface area contributed by atoms with E-state index in [-0.39, 0.29) is 13.8 Å². The Morgan fingerprint density at radius 1 is 1.33 bits per heavy atom. The van der Waals surface area contributed by atoms with E-state index in [2.05, 4.69) is 68.6 Å². The van der Waals surface area contributed by atoms with Crippen LogP contribution < -0.4 is 0 Å². The molecular weight excluding hydrogens is 352 g/mol. The van der Waals surface area contributed by atoms with E-state index in [1.165, 1.54) is 0 Å². The predicted octanol–water partition coefficient (Wildman–Crippen LogP) is 4.03. The van der Waals surface area contributed by atoms with Crippen LogP contribution in [0.1, 0.15) is 27.2 Å². The number of hydrogen-bond donors (Lipinski definition) is 0. The molecule has 0 bridgehead atoms. The normalized spacial score (nSPS) is 35.5.